The van der Waals surface area contributed by atoms with E-state index in [-0.39, 0.29) is 12.1 Å². The molecule has 0 bridgehead atoms. The second-order valence-corrected chi connectivity index (χ2v) is 6.85. The Morgan fingerprint density at radius 1 is 1.14 bits per heavy atom. The van der Waals surface area contributed by atoms with Crippen molar-refractivity contribution in [2.75, 3.05) is 0 Å². The molecule has 29 heavy (non-hydrogen) atoms. The molecule has 0 aliphatic carbocycles. The van der Waals surface area contributed by atoms with Gasteiger partial charge in [0, 0.05) is 34.3 Å². The first-order valence-electron chi connectivity index (χ1n) is 9.17. The third kappa shape index (κ3) is 4.57. The first-order chi connectivity index (χ1) is 13.9. The Labute approximate surface area is 168 Å². The van der Waals surface area contributed by atoms with Crippen LogP contribution in [0.1, 0.15) is 28.1 Å². The standard InChI is InChI=1S/C22H22N4O3/c1-15-8-10-20(11-9-15)25-16(2)12-19(17(25)3)14-23-24-22(27)13-18-6-4-5-7-21(18)26(28)29/h4-12,14H,13H2,1-3H3,(H,24,27). The summed E-state index contributed by atoms with van der Waals surface area (Å²) >= 11 is 0. The van der Waals surface area contributed by atoms with Gasteiger partial charge < -0.3 is 4.57 Å². The fraction of sp³-hybridized carbons (Fsp3) is 0.182. The van der Waals surface area contributed by atoms with Crippen LogP contribution in [0.3, 0.4) is 0 Å². The predicted molar refractivity (Wildman–Crippen MR) is 113 cm³/mol. The molecule has 3 rings (SSSR count). The lowest BCUT2D eigenvalue weighted by Gasteiger charge is -2.09. The van der Waals surface area contributed by atoms with Gasteiger partial charge in [0.1, 0.15) is 0 Å². The highest BCUT2D eigenvalue weighted by molar-refractivity contribution is 5.85. The van der Waals surface area contributed by atoms with E-state index in [2.05, 4.69) is 39.4 Å². The van der Waals surface area contributed by atoms with Crippen LogP contribution in [0.4, 0.5) is 5.69 Å². The lowest BCUT2D eigenvalue weighted by Crippen LogP contribution is -2.20. The van der Waals surface area contributed by atoms with E-state index >= 15 is 0 Å². The van der Waals surface area contributed by atoms with Crippen molar-refractivity contribution < 1.29 is 9.72 Å². The van der Waals surface area contributed by atoms with Crippen molar-refractivity contribution in [1.82, 2.24) is 9.99 Å². The number of nitrogens with zero attached hydrogens (tertiary/aromatic N) is 3. The van der Waals surface area contributed by atoms with E-state index in [1.807, 2.05) is 26.8 Å². The number of rotatable bonds is 6. The van der Waals surface area contributed by atoms with Crippen LogP contribution < -0.4 is 5.43 Å². The molecule has 3 aromatic rings. The maximum absolute atomic E-state index is 12.1. The molecule has 0 spiro atoms. The first-order valence-corrected chi connectivity index (χ1v) is 9.17. The molecule has 0 saturated heterocycles. The number of carbonyl (C=O) groups excluding carboxylic acids is 1. The monoisotopic (exact) mass is 390 g/mol. The van der Waals surface area contributed by atoms with Gasteiger partial charge in [-0.25, -0.2) is 5.43 Å². The van der Waals surface area contributed by atoms with Crippen LogP contribution in [-0.2, 0) is 11.2 Å². The lowest BCUT2D eigenvalue weighted by molar-refractivity contribution is -0.385. The highest BCUT2D eigenvalue weighted by Gasteiger charge is 2.15. The molecule has 0 fully saturated rings. The SMILES string of the molecule is Cc1ccc(-n2c(C)cc(C=NNC(=O)Cc3ccccc3[N+](=O)[O-])c2C)cc1. The number of hydrogen-bond donors (Lipinski definition) is 1. The van der Waals surface area contributed by atoms with Gasteiger partial charge in [0.05, 0.1) is 17.6 Å². The molecular formula is C22H22N4O3. The second-order valence-electron chi connectivity index (χ2n) is 6.85. The third-order valence-corrected chi connectivity index (χ3v) is 4.69. The van der Waals surface area contributed by atoms with Crippen LogP contribution in [0.15, 0.2) is 59.7 Å². The van der Waals surface area contributed by atoms with E-state index in [9.17, 15) is 14.9 Å². The summed E-state index contributed by atoms with van der Waals surface area (Å²) < 4.78 is 2.12. The van der Waals surface area contributed by atoms with Crippen LogP contribution >= 0.6 is 0 Å². The van der Waals surface area contributed by atoms with Crippen LogP contribution in [-0.4, -0.2) is 21.6 Å². The van der Waals surface area contributed by atoms with Crippen molar-refractivity contribution in [3.63, 3.8) is 0 Å². The molecule has 0 aliphatic rings. The van der Waals surface area contributed by atoms with Gasteiger partial charge in [-0.05, 0) is 39.0 Å². The van der Waals surface area contributed by atoms with Gasteiger partial charge in [0.25, 0.3) is 5.69 Å². The number of para-hydroxylation sites is 1. The van der Waals surface area contributed by atoms with Gasteiger partial charge in [-0.3, -0.25) is 14.9 Å². The zero-order valence-corrected chi connectivity index (χ0v) is 16.5. The van der Waals surface area contributed by atoms with Crippen LogP contribution in [0.25, 0.3) is 5.69 Å². The van der Waals surface area contributed by atoms with E-state index in [0.29, 0.717) is 5.56 Å². The Bertz CT molecular complexity index is 1080. The number of hydrogen-bond acceptors (Lipinski definition) is 4. The molecule has 1 aromatic heterocycles. The predicted octanol–water partition coefficient (Wildman–Crippen LogP) is 4.00. The van der Waals surface area contributed by atoms with Gasteiger partial charge in [0.15, 0.2) is 0 Å². The molecule has 1 heterocycles. The second kappa shape index (κ2) is 8.52. The molecule has 0 atom stereocenters. The van der Waals surface area contributed by atoms with E-state index in [1.165, 1.54) is 11.6 Å². The quantitative estimate of drug-likeness (QED) is 0.392. The summed E-state index contributed by atoms with van der Waals surface area (Å²) in [5.74, 6) is -0.414. The van der Waals surface area contributed by atoms with Gasteiger partial charge in [-0.2, -0.15) is 5.10 Å². The van der Waals surface area contributed by atoms with Crippen LogP contribution in [0.5, 0.6) is 0 Å². The van der Waals surface area contributed by atoms with Gasteiger partial charge in [-0.1, -0.05) is 35.9 Å². The maximum Gasteiger partial charge on any atom is 0.273 e. The molecule has 1 amide bonds. The average molecular weight is 390 g/mol. The first kappa shape index (κ1) is 20.0. The van der Waals surface area contributed by atoms with E-state index in [4.69, 9.17) is 0 Å². The molecule has 0 radical (unpaired) electrons. The number of benzene rings is 2. The summed E-state index contributed by atoms with van der Waals surface area (Å²) in [6, 6.07) is 16.4. The van der Waals surface area contributed by atoms with Gasteiger partial charge in [-0.15, -0.1) is 0 Å². The summed E-state index contributed by atoms with van der Waals surface area (Å²) in [6.45, 7) is 6.05. The summed E-state index contributed by atoms with van der Waals surface area (Å²) in [5.41, 5.74) is 7.92. The molecule has 1 N–H and O–H groups in total. The summed E-state index contributed by atoms with van der Waals surface area (Å²) in [7, 11) is 0. The summed E-state index contributed by atoms with van der Waals surface area (Å²) in [4.78, 5) is 22.7. The minimum atomic E-state index is -0.494. The van der Waals surface area contributed by atoms with Crippen molar-refractivity contribution in [2.24, 2.45) is 5.10 Å². The normalized spacial score (nSPS) is 11.0. The molecule has 0 aliphatic heterocycles. The Kier molecular flexibility index (Phi) is 5.87. The number of aromatic nitrogens is 1. The molecule has 0 saturated carbocycles. The molecule has 2 aromatic carbocycles. The van der Waals surface area contributed by atoms with Gasteiger partial charge in [0.2, 0.25) is 5.91 Å². The minimum absolute atomic E-state index is 0.0757. The largest absolute Gasteiger partial charge is 0.318 e. The average Bonchev–Trinajstić information content (AvgIpc) is 2.96. The third-order valence-electron chi connectivity index (χ3n) is 4.69. The topological polar surface area (TPSA) is 89.5 Å². The Balaban J connectivity index is 1.71. The van der Waals surface area contributed by atoms with E-state index in [1.54, 1.807) is 24.4 Å². The molecule has 7 nitrogen and oxygen atoms in total. The Morgan fingerprint density at radius 3 is 2.52 bits per heavy atom. The van der Waals surface area contributed by atoms with Crippen molar-refractivity contribution in [3.8, 4) is 5.69 Å². The van der Waals surface area contributed by atoms with Crippen LogP contribution in [0.2, 0.25) is 0 Å². The molecule has 7 heteroatoms. The fourth-order valence-corrected chi connectivity index (χ4v) is 3.23. The smallest absolute Gasteiger partial charge is 0.273 e. The zero-order chi connectivity index (χ0) is 21.0. The number of nitrogens with one attached hydrogen (secondary N) is 1. The summed E-state index contributed by atoms with van der Waals surface area (Å²) in [6.07, 6.45) is 1.47. The Hall–Kier alpha value is -3.74. The minimum Gasteiger partial charge on any atom is -0.318 e. The number of carbonyl (C=O) groups is 1. The fourth-order valence-electron chi connectivity index (χ4n) is 3.23. The maximum atomic E-state index is 12.1. The number of nitro benzene ring substituents is 1. The van der Waals surface area contributed by atoms with Crippen molar-refractivity contribution >= 4 is 17.8 Å². The molecular weight excluding hydrogens is 368 g/mol. The zero-order valence-electron chi connectivity index (χ0n) is 16.5. The highest BCUT2D eigenvalue weighted by Crippen LogP contribution is 2.20. The van der Waals surface area contributed by atoms with Crippen molar-refractivity contribution in [3.05, 3.63) is 92.8 Å². The van der Waals surface area contributed by atoms with Gasteiger partial charge >= 0.3 is 0 Å². The number of amides is 1. The lowest BCUT2D eigenvalue weighted by atomic mass is 10.1. The number of nitro groups is 1. The van der Waals surface area contributed by atoms with E-state index in [0.717, 1.165) is 22.6 Å². The highest BCUT2D eigenvalue weighted by atomic mass is 16.6. The molecule has 0 unspecified atom stereocenters. The van der Waals surface area contributed by atoms with Crippen LogP contribution in [0, 0.1) is 30.9 Å². The number of aryl methyl sites for hydroxylation is 2. The Morgan fingerprint density at radius 2 is 1.83 bits per heavy atom. The van der Waals surface area contributed by atoms with E-state index < -0.39 is 10.8 Å². The number of hydrazone groups is 1. The van der Waals surface area contributed by atoms with Crippen molar-refractivity contribution in [1.29, 1.82) is 0 Å². The summed E-state index contributed by atoms with van der Waals surface area (Å²) in [5, 5.41) is 15.1. The van der Waals surface area contributed by atoms with Crippen molar-refractivity contribution in [2.45, 2.75) is 27.2 Å². The molecule has 148 valence electrons.